The number of allylic oxidation sites excluding steroid dienone is 1. The zero-order valence-corrected chi connectivity index (χ0v) is 18.6. The highest BCUT2D eigenvalue weighted by Crippen LogP contribution is 2.43. The van der Waals surface area contributed by atoms with Crippen LogP contribution in [0.15, 0.2) is 54.6 Å². The van der Waals surface area contributed by atoms with Gasteiger partial charge in [0, 0.05) is 38.0 Å². The van der Waals surface area contributed by atoms with Gasteiger partial charge in [0.25, 0.3) is 0 Å². The normalized spacial score (nSPS) is 21.7. The van der Waals surface area contributed by atoms with E-state index >= 15 is 0 Å². The number of hydrogen-bond donors (Lipinski definition) is 0. The number of amides is 2. The van der Waals surface area contributed by atoms with Gasteiger partial charge in [-0.05, 0) is 48.1 Å². The van der Waals surface area contributed by atoms with E-state index in [1.54, 1.807) is 7.11 Å². The molecule has 2 amide bonds. The fourth-order valence-corrected chi connectivity index (χ4v) is 5.52. The van der Waals surface area contributed by atoms with Crippen molar-refractivity contribution in [1.29, 1.82) is 0 Å². The Morgan fingerprint density at radius 2 is 1.94 bits per heavy atom. The Labute approximate surface area is 189 Å². The van der Waals surface area contributed by atoms with Gasteiger partial charge in [-0.2, -0.15) is 0 Å². The Kier molecular flexibility index (Phi) is 5.50. The maximum absolute atomic E-state index is 13.4. The highest BCUT2D eigenvalue weighted by atomic mass is 16.5. The van der Waals surface area contributed by atoms with E-state index in [1.165, 1.54) is 11.1 Å². The molecule has 1 aliphatic carbocycles. The molecule has 5 rings (SSSR count). The molecule has 0 aromatic heterocycles. The summed E-state index contributed by atoms with van der Waals surface area (Å²) in [5.41, 5.74) is 3.82. The molecule has 0 radical (unpaired) electrons. The minimum absolute atomic E-state index is 0.0777. The first kappa shape index (κ1) is 20.8. The van der Waals surface area contributed by atoms with E-state index in [9.17, 15) is 9.59 Å². The second-order valence-electron chi connectivity index (χ2n) is 9.26. The number of benzene rings is 2. The lowest BCUT2D eigenvalue weighted by Gasteiger charge is -2.41. The monoisotopic (exact) mass is 430 g/mol. The van der Waals surface area contributed by atoms with Crippen LogP contribution in [-0.4, -0.2) is 48.4 Å². The summed E-state index contributed by atoms with van der Waals surface area (Å²) < 4.78 is 5.30. The van der Waals surface area contributed by atoms with E-state index in [4.69, 9.17) is 4.74 Å². The molecule has 2 saturated heterocycles. The van der Waals surface area contributed by atoms with Crippen LogP contribution in [0.1, 0.15) is 42.4 Å². The maximum Gasteiger partial charge on any atom is 0.227 e. The number of hydrogen-bond acceptors (Lipinski definition) is 3. The van der Waals surface area contributed by atoms with Crippen molar-refractivity contribution < 1.29 is 14.3 Å². The minimum Gasteiger partial charge on any atom is -0.497 e. The number of likely N-dealkylation sites (tertiary alicyclic amines) is 2. The quantitative estimate of drug-likeness (QED) is 0.736. The van der Waals surface area contributed by atoms with Crippen molar-refractivity contribution in [2.24, 2.45) is 5.92 Å². The number of piperidine rings is 2. The fraction of sp³-hybridized carbons (Fsp3) is 0.407. The first-order valence-electron chi connectivity index (χ1n) is 11.6. The van der Waals surface area contributed by atoms with Gasteiger partial charge in [-0.3, -0.25) is 9.59 Å². The van der Waals surface area contributed by atoms with Gasteiger partial charge in [-0.1, -0.05) is 48.6 Å². The third kappa shape index (κ3) is 3.81. The number of fused-ring (bicyclic) bond motifs is 2. The third-order valence-corrected chi connectivity index (χ3v) is 7.40. The molecule has 2 aromatic rings. The van der Waals surface area contributed by atoms with Crippen molar-refractivity contribution >= 4 is 17.9 Å². The molecule has 2 aromatic carbocycles. The topological polar surface area (TPSA) is 49.9 Å². The highest BCUT2D eigenvalue weighted by Gasteiger charge is 2.40. The standard InChI is InChI=1S/C27H30N2O3/c1-32-23-7-4-5-20(17-23)18-29-19-22(9-10-25(29)30)26(31)28-15-13-27(14-16-28)12-11-21-6-2-3-8-24(21)27/h2-8,11-12,17,22H,9-10,13-16,18-19H2,1H3/t22-/m0/s1. The Morgan fingerprint density at radius 1 is 1.12 bits per heavy atom. The van der Waals surface area contributed by atoms with E-state index < -0.39 is 0 Å². The number of carbonyl (C=O) groups excluding carboxylic acids is 2. The Balaban J connectivity index is 1.22. The molecule has 1 spiro atoms. The SMILES string of the molecule is COc1cccc(CN2C[C@@H](C(=O)N3CCC4(C=Cc5ccccc54)CC3)CCC2=O)c1. The Hall–Kier alpha value is -3.08. The van der Waals surface area contributed by atoms with Gasteiger partial charge in [-0.15, -0.1) is 0 Å². The van der Waals surface area contributed by atoms with E-state index in [1.807, 2.05) is 34.1 Å². The molecule has 1 atom stereocenters. The van der Waals surface area contributed by atoms with Crippen molar-refractivity contribution in [3.8, 4) is 5.75 Å². The Bertz CT molecular complexity index is 1050. The summed E-state index contributed by atoms with van der Waals surface area (Å²) in [5, 5.41) is 0. The fourth-order valence-electron chi connectivity index (χ4n) is 5.52. The number of ether oxygens (including phenoxy) is 1. The van der Waals surface area contributed by atoms with Crippen LogP contribution in [0.25, 0.3) is 6.08 Å². The first-order chi connectivity index (χ1) is 15.6. The Morgan fingerprint density at radius 3 is 2.75 bits per heavy atom. The van der Waals surface area contributed by atoms with Crippen LogP contribution >= 0.6 is 0 Å². The van der Waals surface area contributed by atoms with Gasteiger partial charge in [0.2, 0.25) is 11.8 Å². The molecule has 32 heavy (non-hydrogen) atoms. The molecule has 5 nitrogen and oxygen atoms in total. The van der Waals surface area contributed by atoms with Crippen molar-refractivity contribution in [3.63, 3.8) is 0 Å². The summed E-state index contributed by atoms with van der Waals surface area (Å²) in [6, 6.07) is 16.4. The lowest BCUT2D eigenvalue weighted by atomic mass is 9.74. The minimum atomic E-state index is -0.112. The third-order valence-electron chi connectivity index (χ3n) is 7.40. The summed E-state index contributed by atoms with van der Waals surface area (Å²) >= 11 is 0. The molecule has 2 aliphatic heterocycles. The summed E-state index contributed by atoms with van der Waals surface area (Å²) in [4.78, 5) is 29.8. The molecule has 5 heteroatoms. The van der Waals surface area contributed by atoms with Crippen LogP contribution in [0.3, 0.4) is 0 Å². The van der Waals surface area contributed by atoms with Crippen molar-refractivity contribution in [3.05, 3.63) is 71.3 Å². The van der Waals surface area contributed by atoms with Gasteiger partial charge < -0.3 is 14.5 Å². The molecule has 0 unspecified atom stereocenters. The van der Waals surface area contributed by atoms with Crippen LogP contribution in [0.2, 0.25) is 0 Å². The number of rotatable bonds is 4. The average Bonchev–Trinajstić information content (AvgIpc) is 3.19. The van der Waals surface area contributed by atoms with E-state index in [0.29, 0.717) is 25.9 Å². The van der Waals surface area contributed by atoms with E-state index in [0.717, 1.165) is 37.2 Å². The number of nitrogens with zero attached hydrogens (tertiary/aromatic N) is 2. The second-order valence-corrected chi connectivity index (χ2v) is 9.26. The molecule has 0 saturated carbocycles. The zero-order chi connectivity index (χ0) is 22.1. The van der Waals surface area contributed by atoms with Crippen molar-refractivity contribution in [2.75, 3.05) is 26.7 Å². The van der Waals surface area contributed by atoms with Gasteiger partial charge in [-0.25, -0.2) is 0 Å². The summed E-state index contributed by atoms with van der Waals surface area (Å²) in [7, 11) is 1.64. The molecule has 2 fully saturated rings. The summed E-state index contributed by atoms with van der Waals surface area (Å²) in [6.45, 7) is 2.57. The molecule has 3 aliphatic rings. The maximum atomic E-state index is 13.4. The van der Waals surface area contributed by atoms with E-state index in [2.05, 4.69) is 36.4 Å². The number of methoxy groups -OCH3 is 1. The largest absolute Gasteiger partial charge is 0.497 e. The molecular formula is C27H30N2O3. The lowest BCUT2D eigenvalue weighted by molar-refractivity contribution is -0.144. The molecular weight excluding hydrogens is 400 g/mol. The van der Waals surface area contributed by atoms with Gasteiger partial charge in [0.1, 0.15) is 5.75 Å². The van der Waals surface area contributed by atoms with Crippen LogP contribution in [0.5, 0.6) is 5.75 Å². The van der Waals surface area contributed by atoms with Gasteiger partial charge in [0.15, 0.2) is 0 Å². The number of carbonyl (C=O) groups is 2. The van der Waals surface area contributed by atoms with Crippen LogP contribution in [0.4, 0.5) is 0 Å². The summed E-state index contributed by atoms with van der Waals surface area (Å²) in [6.07, 6.45) is 7.59. The highest BCUT2D eigenvalue weighted by molar-refractivity contribution is 5.84. The lowest BCUT2D eigenvalue weighted by Crippen LogP contribution is -2.50. The molecule has 166 valence electrons. The first-order valence-corrected chi connectivity index (χ1v) is 11.6. The molecule has 0 bridgehead atoms. The second kappa shape index (κ2) is 8.45. The van der Waals surface area contributed by atoms with Gasteiger partial charge >= 0.3 is 0 Å². The zero-order valence-electron chi connectivity index (χ0n) is 18.6. The molecule has 2 heterocycles. The smallest absolute Gasteiger partial charge is 0.227 e. The van der Waals surface area contributed by atoms with Crippen LogP contribution < -0.4 is 4.74 Å². The summed E-state index contributed by atoms with van der Waals surface area (Å²) in [5.74, 6) is 1.00. The van der Waals surface area contributed by atoms with Crippen LogP contribution in [-0.2, 0) is 21.5 Å². The van der Waals surface area contributed by atoms with Crippen molar-refractivity contribution in [2.45, 2.75) is 37.6 Å². The average molecular weight is 431 g/mol. The molecule has 0 N–H and O–H groups in total. The van der Waals surface area contributed by atoms with Gasteiger partial charge in [0.05, 0.1) is 13.0 Å². The predicted octanol–water partition coefficient (Wildman–Crippen LogP) is 4.02. The van der Waals surface area contributed by atoms with Crippen molar-refractivity contribution in [1.82, 2.24) is 9.80 Å². The van der Waals surface area contributed by atoms with Crippen LogP contribution in [0, 0.1) is 5.92 Å². The van der Waals surface area contributed by atoms with E-state index in [-0.39, 0.29) is 23.1 Å². The predicted molar refractivity (Wildman–Crippen MR) is 124 cm³/mol.